The van der Waals surface area contributed by atoms with Crippen molar-refractivity contribution in [3.05, 3.63) is 35.9 Å². The quantitative estimate of drug-likeness (QED) is 0.704. The fourth-order valence-electron chi connectivity index (χ4n) is 1.28. The van der Waals surface area contributed by atoms with Gasteiger partial charge in [0.15, 0.2) is 0 Å². The van der Waals surface area contributed by atoms with Crippen LogP contribution in [0.2, 0.25) is 0 Å². The highest BCUT2D eigenvalue weighted by Crippen LogP contribution is 2.00. The molecule has 1 atom stereocenters. The highest BCUT2D eigenvalue weighted by molar-refractivity contribution is 5.86. The summed E-state index contributed by atoms with van der Waals surface area (Å²) in [7, 11) is 0. The molecule has 0 aliphatic carbocycles. The fraction of sp³-hybridized carbons (Fsp3) is 0.308. The van der Waals surface area contributed by atoms with Gasteiger partial charge in [-0.25, -0.2) is 4.79 Å². The average Bonchev–Trinajstić information content (AvgIpc) is 2.43. The van der Waals surface area contributed by atoms with E-state index in [1.807, 2.05) is 18.2 Å². The first-order valence-electron chi connectivity index (χ1n) is 5.95. The summed E-state index contributed by atoms with van der Waals surface area (Å²) in [5.41, 5.74) is 0.826. The molecular formula is C13H16N2O5. The number of carboxylic acid groups (broad SMARTS) is 1. The van der Waals surface area contributed by atoms with Crippen LogP contribution in [0.25, 0.3) is 0 Å². The Morgan fingerprint density at radius 2 is 1.90 bits per heavy atom. The number of hydrogen-bond acceptors (Lipinski definition) is 4. The van der Waals surface area contributed by atoms with Crippen molar-refractivity contribution in [1.29, 1.82) is 0 Å². The summed E-state index contributed by atoms with van der Waals surface area (Å²) in [5.74, 6) is -1.75. The van der Waals surface area contributed by atoms with Crippen LogP contribution in [0.5, 0.6) is 0 Å². The van der Waals surface area contributed by atoms with Gasteiger partial charge in [0.1, 0.15) is 19.2 Å². The van der Waals surface area contributed by atoms with E-state index in [-0.39, 0.29) is 13.2 Å². The Balaban J connectivity index is 2.23. The maximum atomic E-state index is 11.3. The molecule has 7 nitrogen and oxygen atoms in total. The van der Waals surface area contributed by atoms with Crippen LogP contribution in [0.15, 0.2) is 30.3 Å². The van der Waals surface area contributed by atoms with Gasteiger partial charge in [-0.15, -0.1) is 0 Å². The highest BCUT2D eigenvalue weighted by atomic mass is 16.5. The Hall–Kier alpha value is -2.57. The van der Waals surface area contributed by atoms with E-state index < -0.39 is 24.0 Å². The minimum absolute atomic E-state index is 0.0970. The summed E-state index contributed by atoms with van der Waals surface area (Å²) in [5, 5.41) is 13.0. The van der Waals surface area contributed by atoms with Gasteiger partial charge in [-0.1, -0.05) is 30.3 Å². The zero-order chi connectivity index (χ0) is 15.0. The maximum absolute atomic E-state index is 11.3. The van der Waals surface area contributed by atoms with Crippen LogP contribution in [0.4, 0.5) is 4.79 Å². The van der Waals surface area contributed by atoms with E-state index >= 15 is 0 Å². The molecule has 0 spiro atoms. The highest BCUT2D eigenvalue weighted by Gasteiger charge is 2.14. The molecule has 1 aromatic rings. The van der Waals surface area contributed by atoms with Gasteiger partial charge in [-0.05, 0) is 12.5 Å². The number of amides is 2. The van der Waals surface area contributed by atoms with Gasteiger partial charge in [0, 0.05) is 0 Å². The van der Waals surface area contributed by atoms with E-state index in [0.717, 1.165) is 5.56 Å². The smallest absolute Gasteiger partial charge is 0.407 e. The lowest BCUT2D eigenvalue weighted by atomic mass is 10.2. The number of carboxylic acids is 1. The molecule has 7 heteroatoms. The SMILES string of the molecule is C[C@H](NC(=O)CNC(=O)OCc1ccccc1)C(=O)O. The molecule has 0 saturated heterocycles. The number of aliphatic carboxylic acids is 1. The Morgan fingerprint density at radius 3 is 2.50 bits per heavy atom. The number of rotatable bonds is 6. The number of ether oxygens (including phenoxy) is 1. The molecule has 0 aliphatic rings. The number of alkyl carbamates (subject to hydrolysis) is 1. The molecule has 3 N–H and O–H groups in total. The Labute approximate surface area is 115 Å². The third-order valence-corrected chi connectivity index (χ3v) is 2.35. The molecule has 0 unspecified atom stereocenters. The molecule has 108 valence electrons. The van der Waals surface area contributed by atoms with Crippen LogP contribution in [0, 0.1) is 0 Å². The largest absolute Gasteiger partial charge is 0.480 e. The second-order valence-corrected chi connectivity index (χ2v) is 4.04. The van der Waals surface area contributed by atoms with Gasteiger partial charge in [-0.2, -0.15) is 0 Å². The summed E-state index contributed by atoms with van der Waals surface area (Å²) < 4.78 is 4.88. The van der Waals surface area contributed by atoms with Crippen LogP contribution in [0.1, 0.15) is 12.5 Å². The second kappa shape index (κ2) is 7.78. The minimum Gasteiger partial charge on any atom is -0.480 e. The van der Waals surface area contributed by atoms with Crippen LogP contribution in [0.3, 0.4) is 0 Å². The van der Waals surface area contributed by atoms with Crippen molar-refractivity contribution in [1.82, 2.24) is 10.6 Å². The Bertz CT molecular complexity index is 475. The molecule has 0 fully saturated rings. The number of benzene rings is 1. The van der Waals surface area contributed by atoms with Crippen LogP contribution in [-0.2, 0) is 20.9 Å². The predicted molar refractivity (Wildman–Crippen MR) is 69.9 cm³/mol. The number of nitrogens with one attached hydrogen (secondary N) is 2. The van der Waals surface area contributed by atoms with Crippen molar-refractivity contribution in [2.45, 2.75) is 19.6 Å². The topological polar surface area (TPSA) is 105 Å². The monoisotopic (exact) mass is 280 g/mol. The van der Waals surface area contributed by atoms with E-state index in [2.05, 4.69) is 10.6 Å². The van der Waals surface area contributed by atoms with Crippen molar-refractivity contribution in [3.8, 4) is 0 Å². The minimum atomic E-state index is -1.15. The second-order valence-electron chi connectivity index (χ2n) is 4.04. The van der Waals surface area contributed by atoms with E-state index in [1.165, 1.54) is 6.92 Å². The van der Waals surface area contributed by atoms with Gasteiger partial charge in [0.05, 0.1) is 0 Å². The molecule has 2 amide bonds. The van der Waals surface area contributed by atoms with Crippen LogP contribution in [-0.4, -0.2) is 35.7 Å². The van der Waals surface area contributed by atoms with Gasteiger partial charge in [0.25, 0.3) is 0 Å². The molecule has 20 heavy (non-hydrogen) atoms. The standard InChI is InChI=1S/C13H16N2O5/c1-9(12(17)18)15-11(16)7-14-13(19)20-8-10-5-3-2-4-6-10/h2-6,9H,7-8H2,1H3,(H,14,19)(H,15,16)(H,17,18)/t9-/m0/s1. The molecule has 0 saturated carbocycles. The van der Waals surface area contributed by atoms with E-state index in [0.29, 0.717) is 0 Å². The predicted octanol–water partition coefficient (Wildman–Crippen LogP) is 0.502. The molecule has 0 aliphatic heterocycles. The van der Waals surface area contributed by atoms with Crippen LogP contribution >= 0.6 is 0 Å². The molecule has 0 bridgehead atoms. The van der Waals surface area contributed by atoms with Gasteiger partial charge in [0.2, 0.25) is 5.91 Å². The summed E-state index contributed by atoms with van der Waals surface area (Å²) >= 11 is 0. The lowest BCUT2D eigenvalue weighted by molar-refractivity contribution is -0.141. The van der Waals surface area contributed by atoms with E-state index in [4.69, 9.17) is 9.84 Å². The average molecular weight is 280 g/mol. The zero-order valence-corrected chi connectivity index (χ0v) is 11.0. The summed E-state index contributed by atoms with van der Waals surface area (Å²) in [6.07, 6.45) is -0.744. The molecule has 0 radical (unpaired) electrons. The zero-order valence-electron chi connectivity index (χ0n) is 11.0. The first kappa shape index (κ1) is 15.5. The van der Waals surface area contributed by atoms with Crippen molar-refractivity contribution < 1.29 is 24.2 Å². The van der Waals surface area contributed by atoms with Gasteiger partial charge in [-0.3, -0.25) is 9.59 Å². The maximum Gasteiger partial charge on any atom is 0.407 e. The first-order chi connectivity index (χ1) is 9.49. The number of hydrogen-bond donors (Lipinski definition) is 3. The van der Waals surface area contributed by atoms with Crippen LogP contribution < -0.4 is 10.6 Å². The lowest BCUT2D eigenvalue weighted by Gasteiger charge is -2.10. The first-order valence-corrected chi connectivity index (χ1v) is 5.95. The molecule has 1 rings (SSSR count). The molecule has 0 aromatic heterocycles. The van der Waals surface area contributed by atoms with E-state index in [9.17, 15) is 14.4 Å². The van der Waals surface area contributed by atoms with Gasteiger partial charge < -0.3 is 20.5 Å². The normalized spacial score (nSPS) is 11.2. The molecular weight excluding hydrogens is 264 g/mol. The molecule has 1 aromatic carbocycles. The van der Waals surface area contributed by atoms with Crippen molar-refractivity contribution in [2.75, 3.05) is 6.54 Å². The summed E-state index contributed by atoms with van der Waals surface area (Å²) in [6.45, 7) is 1.08. The summed E-state index contributed by atoms with van der Waals surface area (Å²) in [4.78, 5) is 33.1. The Kier molecular flexibility index (Phi) is 6.02. The molecule has 0 heterocycles. The van der Waals surface area contributed by atoms with E-state index in [1.54, 1.807) is 12.1 Å². The number of carbonyl (C=O) groups excluding carboxylic acids is 2. The summed E-state index contributed by atoms with van der Waals surface area (Å²) in [6, 6.07) is 8.07. The number of carbonyl (C=O) groups is 3. The Morgan fingerprint density at radius 1 is 1.25 bits per heavy atom. The van der Waals surface area contributed by atoms with Gasteiger partial charge >= 0.3 is 12.1 Å². The third kappa shape index (κ3) is 5.85. The fourth-order valence-corrected chi connectivity index (χ4v) is 1.28. The third-order valence-electron chi connectivity index (χ3n) is 2.35. The van der Waals surface area contributed by atoms with Crippen molar-refractivity contribution in [3.63, 3.8) is 0 Å². The lowest BCUT2D eigenvalue weighted by Crippen LogP contribution is -2.44. The van der Waals surface area contributed by atoms with Crippen molar-refractivity contribution in [2.24, 2.45) is 0 Å². The van der Waals surface area contributed by atoms with Crippen molar-refractivity contribution >= 4 is 18.0 Å².